The molecule has 0 unspecified atom stereocenters. The second-order valence-corrected chi connectivity index (χ2v) is 10.9. The number of sulfonamides is 1. The van der Waals surface area contributed by atoms with Crippen molar-refractivity contribution in [2.75, 3.05) is 5.73 Å². The standard InChI is InChI=1S/C21H20ClF6N5O3S/c1-19(2,3)33-37(34,35)15-9-11(4-5-14(15)36-21(26,27)28)17-12(20(23,24)25)6-10(7-13(17)22)8-16-30-18(29)32-31-16/h4-7,9,33H,8H2,1-3H3,(H3,29,30,31,32). The van der Waals surface area contributed by atoms with Crippen LogP contribution in [-0.4, -0.2) is 35.5 Å². The van der Waals surface area contributed by atoms with Crippen LogP contribution in [-0.2, 0) is 22.6 Å². The molecule has 0 saturated carbocycles. The summed E-state index contributed by atoms with van der Waals surface area (Å²) >= 11 is 6.22. The Balaban J connectivity index is 2.22. The van der Waals surface area contributed by atoms with Gasteiger partial charge in [-0.05, 0) is 56.2 Å². The van der Waals surface area contributed by atoms with E-state index < -0.39 is 60.5 Å². The van der Waals surface area contributed by atoms with Gasteiger partial charge in [-0.1, -0.05) is 17.7 Å². The number of benzene rings is 2. The maximum atomic E-state index is 14.1. The zero-order valence-electron chi connectivity index (χ0n) is 19.3. The number of ether oxygens (including phenoxy) is 1. The molecular formula is C21H20ClF6N5O3S. The van der Waals surface area contributed by atoms with Crippen molar-refractivity contribution in [3.63, 3.8) is 0 Å². The molecule has 0 bridgehead atoms. The zero-order chi connectivity index (χ0) is 28.0. The van der Waals surface area contributed by atoms with Crippen LogP contribution in [0, 0.1) is 0 Å². The van der Waals surface area contributed by atoms with E-state index in [-0.39, 0.29) is 23.8 Å². The lowest BCUT2D eigenvalue weighted by molar-refractivity contribution is -0.275. The zero-order valence-corrected chi connectivity index (χ0v) is 20.9. The second kappa shape index (κ2) is 9.68. The minimum Gasteiger partial charge on any atom is -0.404 e. The van der Waals surface area contributed by atoms with E-state index in [2.05, 4.69) is 24.6 Å². The number of nitrogens with one attached hydrogen (secondary N) is 2. The lowest BCUT2D eigenvalue weighted by Crippen LogP contribution is -2.40. The Hall–Kier alpha value is -3.04. The Labute approximate surface area is 212 Å². The van der Waals surface area contributed by atoms with Gasteiger partial charge in [-0.25, -0.2) is 13.1 Å². The molecule has 3 aromatic rings. The summed E-state index contributed by atoms with van der Waals surface area (Å²) in [5.74, 6) is -1.09. The van der Waals surface area contributed by atoms with Gasteiger partial charge in [0.1, 0.15) is 16.5 Å². The van der Waals surface area contributed by atoms with E-state index in [0.29, 0.717) is 12.1 Å². The molecule has 16 heteroatoms. The summed E-state index contributed by atoms with van der Waals surface area (Å²) < 4.78 is 113. The summed E-state index contributed by atoms with van der Waals surface area (Å²) in [6.07, 6.45) is -10.4. The number of H-pyrrole nitrogens is 1. The van der Waals surface area contributed by atoms with Gasteiger partial charge in [0.25, 0.3) is 0 Å². The Morgan fingerprint density at radius 3 is 2.24 bits per heavy atom. The van der Waals surface area contributed by atoms with Gasteiger partial charge in [0, 0.05) is 22.5 Å². The van der Waals surface area contributed by atoms with E-state index in [1.165, 1.54) is 26.8 Å². The van der Waals surface area contributed by atoms with E-state index in [0.717, 1.165) is 12.1 Å². The van der Waals surface area contributed by atoms with Crippen LogP contribution in [0.3, 0.4) is 0 Å². The van der Waals surface area contributed by atoms with E-state index in [1.807, 2.05) is 0 Å². The number of nitrogens with two attached hydrogens (primary N) is 1. The van der Waals surface area contributed by atoms with Crippen molar-refractivity contribution in [2.24, 2.45) is 0 Å². The lowest BCUT2D eigenvalue weighted by atomic mass is 9.95. The predicted octanol–water partition coefficient (Wildman–Crippen LogP) is 5.29. The molecule has 1 heterocycles. The fourth-order valence-corrected chi connectivity index (χ4v) is 5.33. The van der Waals surface area contributed by atoms with Crippen LogP contribution in [0.4, 0.5) is 32.3 Å². The maximum absolute atomic E-state index is 14.1. The Kier molecular flexibility index (Phi) is 7.47. The van der Waals surface area contributed by atoms with Crippen LogP contribution >= 0.6 is 11.6 Å². The molecule has 0 radical (unpaired) electrons. The number of nitrogens with zero attached hydrogens (tertiary/aromatic N) is 2. The monoisotopic (exact) mass is 571 g/mol. The second-order valence-electron chi connectivity index (χ2n) is 8.88. The molecule has 0 aliphatic heterocycles. The molecule has 0 aliphatic rings. The number of anilines is 1. The van der Waals surface area contributed by atoms with Crippen molar-refractivity contribution >= 4 is 27.6 Å². The van der Waals surface area contributed by atoms with Gasteiger partial charge in [-0.2, -0.15) is 18.2 Å². The van der Waals surface area contributed by atoms with Crippen molar-refractivity contribution in [2.45, 2.75) is 50.2 Å². The normalized spacial score (nSPS) is 13.1. The van der Waals surface area contributed by atoms with Crippen molar-refractivity contribution < 1.29 is 39.5 Å². The number of hydrogen-bond donors (Lipinski definition) is 3. The summed E-state index contributed by atoms with van der Waals surface area (Å²) in [5.41, 5.74) is 2.04. The molecule has 0 amide bonds. The third-order valence-electron chi connectivity index (χ3n) is 4.56. The molecule has 8 nitrogen and oxygen atoms in total. The fraction of sp³-hybridized carbons (Fsp3) is 0.333. The number of nitrogen functional groups attached to an aromatic ring is 1. The van der Waals surface area contributed by atoms with Crippen LogP contribution in [0.1, 0.15) is 37.7 Å². The van der Waals surface area contributed by atoms with Gasteiger partial charge < -0.3 is 10.5 Å². The van der Waals surface area contributed by atoms with Crippen LogP contribution < -0.4 is 15.2 Å². The molecule has 0 saturated heterocycles. The molecule has 0 atom stereocenters. The number of alkyl halides is 6. The summed E-state index contributed by atoms with van der Waals surface area (Å²) in [6.45, 7) is 4.29. The van der Waals surface area contributed by atoms with Crippen molar-refractivity contribution in [1.82, 2.24) is 19.9 Å². The number of hydrogen-bond acceptors (Lipinski definition) is 6. The van der Waals surface area contributed by atoms with Gasteiger partial charge in [0.05, 0.1) is 5.56 Å². The predicted molar refractivity (Wildman–Crippen MR) is 122 cm³/mol. The van der Waals surface area contributed by atoms with Gasteiger partial charge in [-0.15, -0.1) is 18.3 Å². The Bertz CT molecular complexity index is 1420. The smallest absolute Gasteiger partial charge is 0.404 e. The first-order valence-corrected chi connectivity index (χ1v) is 12.1. The van der Waals surface area contributed by atoms with Gasteiger partial charge in [0.2, 0.25) is 16.0 Å². The highest BCUT2D eigenvalue weighted by atomic mass is 35.5. The van der Waals surface area contributed by atoms with Gasteiger partial charge in [0.15, 0.2) is 0 Å². The van der Waals surface area contributed by atoms with Crippen LogP contribution in [0.15, 0.2) is 35.2 Å². The minimum atomic E-state index is -5.27. The van der Waals surface area contributed by atoms with Crippen molar-refractivity contribution in [1.29, 1.82) is 0 Å². The lowest BCUT2D eigenvalue weighted by Gasteiger charge is -2.23. The van der Waals surface area contributed by atoms with E-state index in [9.17, 15) is 34.8 Å². The summed E-state index contributed by atoms with van der Waals surface area (Å²) in [7, 11) is -4.69. The molecule has 3 rings (SSSR count). The summed E-state index contributed by atoms with van der Waals surface area (Å²) in [5, 5.41) is 5.61. The minimum absolute atomic E-state index is 0.0662. The van der Waals surface area contributed by atoms with Crippen molar-refractivity contribution in [3.8, 4) is 16.9 Å². The average molecular weight is 572 g/mol. The quantitative estimate of drug-likeness (QED) is 0.345. The third kappa shape index (κ3) is 7.26. The van der Waals surface area contributed by atoms with E-state index >= 15 is 0 Å². The molecule has 2 aromatic carbocycles. The number of halogens is 7. The molecular weight excluding hydrogens is 552 g/mol. The highest BCUT2D eigenvalue weighted by Gasteiger charge is 2.38. The molecule has 0 fully saturated rings. The number of aromatic nitrogens is 3. The van der Waals surface area contributed by atoms with E-state index in [1.54, 1.807) is 0 Å². The molecule has 0 aliphatic carbocycles. The summed E-state index contributed by atoms with van der Waals surface area (Å²) in [6, 6.07) is 4.06. The highest BCUT2D eigenvalue weighted by molar-refractivity contribution is 7.89. The van der Waals surface area contributed by atoms with Gasteiger partial charge >= 0.3 is 12.5 Å². The first kappa shape index (κ1) is 28.5. The molecule has 202 valence electrons. The largest absolute Gasteiger partial charge is 0.573 e. The van der Waals surface area contributed by atoms with Crippen LogP contribution in [0.2, 0.25) is 5.02 Å². The highest BCUT2D eigenvalue weighted by Crippen LogP contribution is 2.44. The van der Waals surface area contributed by atoms with Crippen LogP contribution in [0.5, 0.6) is 5.75 Å². The topological polar surface area (TPSA) is 123 Å². The Morgan fingerprint density at radius 2 is 1.73 bits per heavy atom. The number of aromatic amines is 1. The third-order valence-corrected chi connectivity index (χ3v) is 6.64. The number of rotatable bonds is 6. The fourth-order valence-electron chi connectivity index (χ4n) is 3.40. The molecule has 37 heavy (non-hydrogen) atoms. The summed E-state index contributed by atoms with van der Waals surface area (Å²) in [4.78, 5) is 2.80. The molecule has 4 N–H and O–H groups in total. The SMILES string of the molecule is CC(C)(C)NS(=O)(=O)c1cc(-c2c(Cl)cc(Cc3nc(N)n[nH]3)cc2C(F)(F)F)ccc1OC(F)(F)F. The van der Waals surface area contributed by atoms with Crippen molar-refractivity contribution in [3.05, 3.63) is 52.3 Å². The molecule has 1 aromatic heterocycles. The first-order valence-electron chi connectivity index (χ1n) is 10.3. The Morgan fingerprint density at radius 1 is 1.08 bits per heavy atom. The molecule has 0 spiro atoms. The average Bonchev–Trinajstić information content (AvgIpc) is 3.09. The maximum Gasteiger partial charge on any atom is 0.573 e. The first-order chi connectivity index (χ1) is 16.7. The van der Waals surface area contributed by atoms with Crippen LogP contribution in [0.25, 0.3) is 11.1 Å². The van der Waals surface area contributed by atoms with E-state index in [4.69, 9.17) is 17.3 Å². The van der Waals surface area contributed by atoms with Gasteiger partial charge in [-0.3, -0.25) is 5.10 Å².